The van der Waals surface area contributed by atoms with Gasteiger partial charge in [-0.05, 0) is 43.2 Å². The Balaban J connectivity index is 2.05. The van der Waals surface area contributed by atoms with Crippen LogP contribution in [0.1, 0.15) is 38.7 Å². The molecule has 0 aliphatic carbocycles. The fraction of sp³-hybridized carbons (Fsp3) is 0.250. The van der Waals surface area contributed by atoms with Crippen LogP contribution in [0, 0.1) is 0 Å². The van der Waals surface area contributed by atoms with Crippen LogP contribution in [0.3, 0.4) is 0 Å². The molecule has 0 bridgehead atoms. The van der Waals surface area contributed by atoms with Crippen molar-refractivity contribution in [3.05, 3.63) is 72.3 Å². The monoisotopic (exact) mass is 324 g/mol. The highest BCUT2D eigenvalue weighted by Gasteiger charge is 2.21. The van der Waals surface area contributed by atoms with Gasteiger partial charge in [-0.3, -0.25) is 0 Å². The van der Waals surface area contributed by atoms with Crippen molar-refractivity contribution < 1.29 is 0 Å². The molecule has 0 saturated carbocycles. The van der Waals surface area contributed by atoms with Crippen LogP contribution in [-0.2, 0) is 5.31 Å². The van der Waals surface area contributed by atoms with Crippen LogP contribution in [-0.4, -0.2) is 7.85 Å². The molecule has 1 unspecified atom stereocenters. The Bertz CT molecular complexity index is 1020. The summed E-state index contributed by atoms with van der Waals surface area (Å²) >= 11 is 0. The van der Waals surface area contributed by atoms with E-state index in [1.165, 1.54) is 57.1 Å². The molecule has 4 aromatic rings. The normalized spacial score (nSPS) is 14.2. The first-order chi connectivity index (χ1) is 12.1. The third-order valence-corrected chi connectivity index (χ3v) is 5.68. The number of hydrogen-bond donors (Lipinski definition) is 0. The Labute approximate surface area is 151 Å². The van der Waals surface area contributed by atoms with Crippen LogP contribution >= 0.6 is 0 Å². The number of hydrogen-bond acceptors (Lipinski definition) is 0. The molecule has 0 aliphatic heterocycles. The lowest BCUT2D eigenvalue weighted by Crippen LogP contribution is -2.21. The smallest absolute Gasteiger partial charge is 0.0654 e. The first kappa shape index (κ1) is 16.2. The fourth-order valence-corrected chi connectivity index (χ4v) is 4.09. The fourth-order valence-electron chi connectivity index (χ4n) is 4.09. The molecule has 25 heavy (non-hydrogen) atoms. The summed E-state index contributed by atoms with van der Waals surface area (Å²) in [6.45, 7) is 4.66. The van der Waals surface area contributed by atoms with E-state index in [1.54, 1.807) is 0 Å². The van der Waals surface area contributed by atoms with Gasteiger partial charge in [0, 0.05) is 0 Å². The predicted octanol–water partition coefficient (Wildman–Crippen LogP) is 6.18. The summed E-state index contributed by atoms with van der Waals surface area (Å²) in [5.74, 6) is 0. The molecular weight excluding hydrogens is 299 g/mol. The Hall–Kier alpha value is -2.28. The summed E-state index contributed by atoms with van der Waals surface area (Å²) in [4.78, 5) is 0. The van der Waals surface area contributed by atoms with Crippen LogP contribution < -0.4 is 0 Å². The number of fused-ring (bicyclic) bond motifs is 6. The molecular formula is C24H25B. The van der Waals surface area contributed by atoms with Crippen molar-refractivity contribution in [3.63, 3.8) is 0 Å². The minimum Gasteiger partial charge on any atom is -0.0654 e. The van der Waals surface area contributed by atoms with Crippen LogP contribution in [0.15, 0.2) is 66.7 Å². The molecule has 4 rings (SSSR count). The SMILES string of the molecule is BC(C)(CCCC)c1ccc2c3ccccc3c3ccccc3c2c1. The number of unbranched alkanes of at least 4 members (excludes halogenated alkanes) is 1. The van der Waals surface area contributed by atoms with Gasteiger partial charge in [-0.1, -0.05) is 99.8 Å². The van der Waals surface area contributed by atoms with Crippen molar-refractivity contribution >= 4 is 40.2 Å². The second-order valence-electron chi connectivity index (χ2n) is 7.84. The standard InChI is InChI=1S/C24H25B/c1-3-4-15-24(2,25)17-13-14-22-20-11-6-5-9-18(20)19-10-7-8-12-21(19)23(22)16-17/h5-14,16H,3-4,15,25H2,1-2H3. The van der Waals surface area contributed by atoms with Crippen molar-refractivity contribution in [1.29, 1.82) is 0 Å². The summed E-state index contributed by atoms with van der Waals surface area (Å²) in [7, 11) is 2.38. The Morgan fingerprint density at radius 2 is 1.20 bits per heavy atom. The molecule has 0 aliphatic rings. The van der Waals surface area contributed by atoms with Crippen LogP contribution in [0.2, 0.25) is 0 Å². The largest absolute Gasteiger partial charge is 0.114 e. The lowest BCUT2D eigenvalue weighted by Gasteiger charge is -2.26. The zero-order valence-corrected chi connectivity index (χ0v) is 15.5. The van der Waals surface area contributed by atoms with Crippen LogP contribution in [0.5, 0.6) is 0 Å². The summed E-state index contributed by atoms with van der Waals surface area (Å²) in [5.41, 5.74) is 1.45. The first-order valence-corrected chi connectivity index (χ1v) is 9.45. The summed E-state index contributed by atoms with van der Waals surface area (Å²) < 4.78 is 0. The second-order valence-corrected chi connectivity index (χ2v) is 7.84. The molecule has 1 heteroatoms. The van der Waals surface area contributed by atoms with E-state index in [0.29, 0.717) is 0 Å². The van der Waals surface area contributed by atoms with E-state index in [-0.39, 0.29) is 5.31 Å². The number of benzene rings is 4. The molecule has 0 N–H and O–H groups in total. The first-order valence-electron chi connectivity index (χ1n) is 9.45. The van der Waals surface area contributed by atoms with Gasteiger partial charge in [0.05, 0.1) is 0 Å². The van der Waals surface area contributed by atoms with Gasteiger partial charge in [0.25, 0.3) is 0 Å². The summed E-state index contributed by atoms with van der Waals surface area (Å²) in [5, 5.41) is 8.40. The third kappa shape index (κ3) is 2.72. The minimum atomic E-state index is 0.219. The van der Waals surface area contributed by atoms with Crippen LogP contribution in [0.4, 0.5) is 0 Å². The Morgan fingerprint density at radius 3 is 1.72 bits per heavy atom. The lowest BCUT2D eigenvalue weighted by atomic mass is 9.62. The third-order valence-electron chi connectivity index (χ3n) is 5.68. The van der Waals surface area contributed by atoms with Crippen molar-refractivity contribution in [2.45, 2.75) is 38.4 Å². The molecule has 0 nitrogen and oxygen atoms in total. The molecule has 1 atom stereocenters. The van der Waals surface area contributed by atoms with E-state index in [9.17, 15) is 0 Å². The van der Waals surface area contributed by atoms with Gasteiger partial charge in [0.1, 0.15) is 7.85 Å². The van der Waals surface area contributed by atoms with Gasteiger partial charge in [-0.25, -0.2) is 0 Å². The van der Waals surface area contributed by atoms with Crippen molar-refractivity contribution in [3.8, 4) is 0 Å². The number of rotatable bonds is 4. The molecule has 4 aromatic carbocycles. The molecule has 0 heterocycles. The van der Waals surface area contributed by atoms with E-state index in [0.717, 1.165) is 0 Å². The highest BCUT2D eigenvalue weighted by atomic mass is 14.2. The maximum absolute atomic E-state index is 2.44. The summed E-state index contributed by atoms with van der Waals surface area (Å²) in [6, 6.07) is 24.8. The van der Waals surface area contributed by atoms with Gasteiger partial charge >= 0.3 is 0 Å². The van der Waals surface area contributed by atoms with Crippen LogP contribution in [0.25, 0.3) is 32.3 Å². The zero-order chi connectivity index (χ0) is 17.4. The molecule has 0 fully saturated rings. The van der Waals surface area contributed by atoms with E-state index in [2.05, 4.69) is 88.4 Å². The lowest BCUT2D eigenvalue weighted by molar-refractivity contribution is 0.567. The highest BCUT2D eigenvalue weighted by molar-refractivity contribution is 6.25. The Morgan fingerprint density at radius 1 is 0.720 bits per heavy atom. The van der Waals surface area contributed by atoms with Gasteiger partial charge in [-0.15, -0.1) is 0 Å². The average Bonchev–Trinajstić information content (AvgIpc) is 2.66. The molecule has 0 aromatic heterocycles. The quantitative estimate of drug-likeness (QED) is 0.310. The van der Waals surface area contributed by atoms with Crippen molar-refractivity contribution in [1.82, 2.24) is 0 Å². The molecule has 0 radical (unpaired) electrons. The van der Waals surface area contributed by atoms with Crippen molar-refractivity contribution in [2.75, 3.05) is 0 Å². The van der Waals surface area contributed by atoms with Gasteiger partial charge in [-0.2, -0.15) is 0 Å². The van der Waals surface area contributed by atoms with E-state index < -0.39 is 0 Å². The summed E-state index contributed by atoms with van der Waals surface area (Å²) in [6.07, 6.45) is 3.77. The predicted molar refractivity (Wildman–Crippen MR) is 114 cm³/mol. The second kappa shape index (κ2) is 6.22. The van der Waals surface area contributed by atoms with E-state index in [4.69, 9.17) is 0 Å². The van der Waals surface area contributed by atoms with Gasteiger partial charge in [0.2, 0.25) is 0 Å². The maximum Gasteiger partial charge on any atom is 0.114 e. The van der Waals surface area contributed by atoms with Crippen molar-refractivity contribution in [2.24, 2.45) is 0 Å². The van der Waals surface area contributed by atoms with Gasteiger partial charge in [0.15, 0.2) is 0 Å². The molecule has 124 valence electrons. The van der Waals surface area contributed by atoms with Gasteiger partial charge < -0.3 is 0 Å². The Kier molecular flexibility index (Phi) is 4.03. The highest BCUT2D eigenvalue weighted by Crippen LogP contribution is 2.37. The topological polar surface area (TPSA) is 0 Å². The maximum atomic E-state index is 2.44. The average molecular weight is 324 g/mol. The molecule has 0 amide bonds. The van der Waals surface area contributed by atoms with E-state index >= 15 is 0 Å². The molecule has 0 saturated heterocycles. The molecule has 0 spiro atoms. The minimum absolute atomic E-state index is 0.219. The van der Waals surface area contributed by atoms with E-state index in [1.807, 2.05) is 0 Å². The zero-order valence-electron chi connectivity index (χ0n) is 15.5.